The number of anilines is 1. The third kappa shape index (κ3) is 3.15. The summed E-state index contributed by atoms with van der Waals surface area (Å²) in [5.74, 6) is -1.36. The molecule has 0 aromatic heterocycles. The number of rotatable bonds is 5. The minimum absolute atomic E-state index is 0.00331. The van der Waals surface area contributed by atoms with Crippen LogP contribution in [-0.4, -0.2) is 23.6 Å². The van der Waals surface area contributed by atoms with Crippen molar-refractivity contribution in [2.75, 3.05) is 11.9 Å². The number of carbonyl (C=O) groups is 2. The van der Waals surface area contributed by atoms with Gasteiger partial charge in [0, 0.05) is 5.69 Å². The first-order chi connectivity index (χ1) is 11.9. The topological polar surface area (TPSA) is 75.6 Å². The van der Waals surface area contributed by atoms with Crippen molar-refractivity contribution in [1.29, 1.82) is 0 Å². The van der Waals surface area contributed by atoms with E-state index in [1.54, 1.807) is 24.3 Å². The Morgan fingerprint density at radius 1 is 1.12 bits per heavy atom. The molecule has 0 radical (unpaired) electrons. The number of benzene rings is 1. The summed E-state index contributed by atoms with van der Waals surface area (Å²) in [6.45, 7) is 6.54. The van der Waals surface area contributed by atoms with Crippen LogP contribution in [0.15, 0.2) is 35.4 Å². The van der Waals surface area contributed by atoms with Gasteiger partial charge in [-0.05, 0) is 69.7 Å². The zero-order chi connectivity index (χ0) is 18.1. The standard InChI is InChI=1S/C20H25NO4/c1-4-25-13-7-5-12(6-8-13)21-19(22)17-14-9-10-15(16(14)11(2)3)18(17)20(23)24/h5-8,14-15,17-18H,4,9-10H2,1-3H3,(H,21,22)(H,23,24)/t14-,15-,17-,18-/m0/s1. The SMILES string of the molecule is CCOc1ccc(NC(=O)[C@@H]2[C@@H](C(=O)O)[C@H]3CC[C@H]2C3=C(C)C)cc1. The second-order valence-electron chi connectivity index (χ2n) is 7.08. The highest BCUT2D eigenvalue weighted by Gasteiger charge is 2.57. The van der Waals surface area contributed by atoms with E-state index in [4.69, 9.17) is 4.74 Å². The van der Waals surface area contributed by atoms with Gasteiger partial charge in [-0.2, -0.15) is 0 Å². The van der Waals surface area contributed by atoms with E-state index < -0.39 is 17.8 Å². The van der Waals surface area contributed by atoms with Crippen LogP contribution in [0.4, 0.5) is 5.69 Å². The van der Waals surface area contributed by atoms with Gasteiger partial charge >= 0.3 is 5.97 Å². The van der Waals surface area contributed by atoms with Gasteiger partial charge in [-0.15, -0.1) is 0 Å². The van der Waals surface area contributed by atoms with E-state index in [9.17, 15) is 14.7 Å². The second kappa shape index (κ2) is 6.90. The predicted molar refractivity (Wildman–Crippen MR) is 95.4 cm³/mol. The van der Waals surface area contributed by atoms with E-state index in [1.165, 1.54) is 5.57 Å². The summed E-state index contributed by atoms with van der Waals surface area (Å²) in [7, 11) is 0. The molecule has 25 heavy (non-hydrogen) atoms. The molecule has 0 spiro atoms. The van der Waals surface area contributed by atoms with Gasteiger partial charge in [0.15, 0.2) is 0 Å². The van der Waals surface area contributed by atoms with Crippen LogP contribution in [0.25, 0.3) is 0 Å². The summed E-state index contributed by atoms with van der Waals surface area (Å²) < 4.78 is 5.40. The molecule has 2 bridgehead atoms. The number of carboxylic acids is 1. The molecule has 5 heteroatoms. The summed E-state index contributed by atoms with van der Waals surface area (Å²) in [6, 6.07) is 7.17. The van der Waals surface area contributed by atoms with Crippen LogP contribution < -0.4 is 10.1 Å². The van der Waals surface area contributed by atoms with Crippen LogP contribution in [0.3, 0.4) is 0 Å². The Balaban J connectivity index is 1.81. The maximum atomic E-state index is 12.9. The monoisotopic (exact) mass is 343 g/mol. The third-order valence-corrected chi connectivity index (χ3v) is 5.44. The number of aliphatic carboxylic acids is 1. The maximum Gasteiger partial charge on any atom is 0.307 e. The van der Waals surface area contributed by atoms with Crippen molar-refractivity contribution in [3.63, 3.8) is 0 Å². The Labute approximate surface area is 148 Å². The largest absolute Gasteiger partial charge is 0.494 e. The second-order valence-corrected chi connectivity index (χ2v) is 7.08. The van der Waals surface area contributed by atoms with Crippen LogP contribution in [0.1, 0.15) is 33.6 Å². The quantitative estimate of drug-likeness (QED) is 0.799. The summed E-state index contributed by atoms with van der Waals surface area (Å²) in [5, 5.41) is 12.6. The Kier molecular flexibility index (Phi) is 4.84. The van der Waals surface area contributed by atoms with Crippen molar-refractivity contribution in [3.8, 4) is 5.75 Å². The maximum absolute atomic E-state index is 12.9. The number of carbonyl (C=O) groups excluding carboxylic acids is 1. The summed E-state index contributed by atoms with van der Waals surface area (Å²) in [4.78, 5) is 24.7. The fraction of sp³-hybridized carbons (Fsp3) is 0.500. The Bertz CT molecular complexity index is 703. The van der Waals surface area contributed by atoms with Gasteiger partial charge in [0.05, 0.1) is 18.4 Å². The number of hydrogen-bond donors (Lipinski definition) is 2. The number of fused-ring (bicyclic) bond motifs is 2. The molecule has 5 nitrogen and oxygen atoms in total. The van der Waals surface area contributed by atoms with Gasteiger partial charge in [-0.3, -0.25) is 9.59 Å². The first kappa shape index (κ1) is 17.5. The van der Waals surface area contributed by atoms with Crippen LogP contribution in [0.5, 0.6) is 5.75 Å². The molecule has 0 saturated heterocycles. The lowest BCUT2D eigenvalue weighted by atomic mass is 9.78. The molecule has 1 aromatic rings. The molecule has 1 amide bonds. The van der Waals surface area contributed by atoms with E-state index in [-0.39, 0.29) is 17.7 Å². The summed E-state index contributed by atoms with van der Waals surface area (Å²) in [6.07, 6.45) is 1.77. The normalized spacial score (nSPS) is 27.2. The molecule has 0 aliphatic heterocycles. The predicted octanol–water partition coefficient (Wildman–Crippen LogP) is 3.72. The Morgan fingerprint density at radius 2 is 1.72 bits per heavy atom. The first-order valence-corrected chi connectivity index (χ1v) is 8.87. The van der Waals surface area contributed by atoms with Crippen LogP contribution in [0.2, 0.25) is 0 Å². The highest BCUT2D eigenvalue weighted by atomic mass is 16.5. The van der Waals surface area contributed by atoms with Gasteiger partial charge < -0.3 is 15.2 Å². The van der Waals surface area contributed by atoms with Crippen molar-refractivity contribution < 1.29 is 19.4 Å². The molecule has 1 aromatic carbocycles. The fourth-order valence-electron chi connectivity index (χ4n) is 4.63. The summed E-state index contributed by atoms with van der Waals surface area (Å²) in [5.41, 5.74) is 3.02. The van der Waals surface area contributed by atoms with Gasteiger partial charge in [-0.1, -0.05) is 11.1 Å². The lowest BCUT2D eigenvalue weighted by molar-refractivity contribution is -0.148. The number of ether oxygens (including phenoxy) is 1. The Hall–Kier alpha value is -2.30. The minimum atomic E-state index is -0.863. The van der Waals surface area contributed by atoms with Crippen molar-refractivity contribution in [2.45, 2.75) is 33.6 Å². The molecule has 2 aliphatic rings. The highest BCUT2D eigenvalue weighted by Crippen LogP contribution is 2.57. The van der Waals surface area contributed by atoms with E-state index in [0.717, 1.165) is 24.2 Å². The van der Waals surface area contributed by atoms with Crippen molar-refractivity contribution in [3.05, 3.63) is 35.4 Å². The lowest BCUT2D eigenvalue weighted by Crippen LogP contribution is -2.37. The molecular formula is C20H25NO4. The number of allylic oxidation sites excluding steroid dienone is 2. The molecule has 134 valence electrons. The highest BCUT2D eigenvalue weighted by molar-refractivity contribution is 5.96. The molecule has 0 unspecified atom stereocenters. The molecule has 4 atom stereocenters. The van der Waals surface area contributed by atoms with Gasteiger partial charge in [0.1, 0.15) is 5.75 Å². The molecule has 2 aliphatic carbocycles. The van der Waals surface area contributed by atoms with Gasteiger partial charge in [-0.25, -0.2) is 0 Å². The number of nitrogens with one attached hydrogen (secondary N) is 1. The van der Waals surface area contributed by atoms with Gasteiger partial charge in [0.25, 0.3) is 0 Å². The van der Waals surface area contributed by atoms with E-state index >= 15 is 0 Å². The van der Waals surface area contributed by atoms with Crippen LogP contribution >= 0.6 is 0 Å². The van der Waals surface area contributed by atoms with Crippen molar-refractivity contribution in [2.24, 2.45) is 23.7 Å². The third-order valence-electron chi connectivity index (χ3n) is 5.44. The molecular weight excluding hydrogens is 318 g/mol. The average molecular weight is 343 g/mol. The van der Waals surface area contributed by atoms with E-state index in [1.807, 2.05) is 20.8 Å². The minimum Gasteiger partial charge on any atom is -0.494 e. The smallest absolute Gasteiger partial charge is 0.307 e. The average Bonchev–Trinajstić information content (AvgIpc) is 3.13. The summed E-state index contributed by atoms with van der Waals surface area (Å²) >= 11 is 0. The lowest BCUT2D eigenvalue weighted by Gasteiger charge is -2.26. The number of carboxylic acid groups (broad SMARTS) is 1. The molecule has 2 fully saturated rings. The van der Waals surface area contributed by atoms with Gasteiger partial charge in [0.2, 0.25) is 5.91 Å². The molecule has 2 saturated carbocycles. The number of hydrogen-bond acceptors (Lipinski definition) is 3. The van der Waals surface area contributed by atoms with E-state index in [0.29, 0.717) is 12.3 Å². The molecule has 0 heterocycles. The van der Waals surface area contributed by atoms with Crippen molar-refractivity contribution in [1.82, 2.24) is 0 Å². The van der Waals surface area contributed by atoms with Crippen LogP contribution in [0, 0.1) is 23.7 Å². The zero-order valence-electron chi connectivity index (χ0n) is 14.9. The van der Waals surface area contributed by atoms with Crippen molar-refractivity contribution >= 4 is 17.6 Å². The molecule has 2 N–H and O–H groups in total. The first-order valence-electron chi connectivity index (χ1n) is 8.87. The number of amides is 1. The Morgan fingerprint density at radius 3 is 2.24 bits per heavy atom. The fourth-order valence-corrected chi connectivity index (χ4v) is 4.63. The zero-order valence-corrected chi connectivity index (χ0v) is 14.9. The van der Waals surface area contributed by atoms with Crippen LogP contribution in [-0.2, 0) is 9.59 Å². The van der Waals surface area contributed by atoms with E-state index in [2.05, 4.69) is 5.32 Å². The molecule has 3 rings (SSSR count).